The summed E-state index contributed by atoms with van der Waals surface area (Å²) in [7, 11) is 1.44. The topological polar surface area (TPSA) is 105 Å². The minimum atomic E-state index is -0.823. The number of alkyl carbamates (subject to hydrolysis) is 1. The van der Waals surface area contributed by atoms with Crippen molar-refractivity contribution < 1.29 is 37.7 Å². The maximum Gasteiger partial charge on any atom is 0.509 e. The Labute approximate surface area is 190 Å². The number of fused-ring (bicyclic) bond motifs is 1. The SMILES string of the molecule is COc1cc(F)c2nccc([C@H]3OC(=O)O[C@@H]3[C@@H]3CC[C@@H](NC(=O)OC(C)(C)C)CO3)c2c1. The van der Waals surface area contributed by atoms with Gasteiger partial charge in [-0.1, -0.05) is 0 Å². The molecule has 1 N–H and O–H groups in total. The fourth-order valence-corrected chi connectivity index (χ4v) is 4.08. The number of cyclic esters (lactones) is 2. The van der Waals surface area contributed by atoms with Gasteiger partial charge in [-0.05, 0) is 45.7 Å². The van der Waals surface area contributed by atoms with Gasteiger partial charge in [0.15, 0.2) is 18.0 Å². The van der Waals surface area contributed by atoms with Crippen LogP contribution in [0.4, 0.5) is 14.0 Å². The van der Waals surface area contributed by atoms with Gasteiger partial charge in [-0.25, -0.2) is 14.0 Å². The lowest BCUT2D eigenvalue weighted by molar-refractivity contribution is -0.0743. The quantitative estimate of drug-likeness (QED) is 0.679. The Morgan fingerprint density at radius 3 is 2.70 bits per heavy atom. The predicted molar refractivity (Wildman–Crippen MR) is 114 cm³/mol. The highest BCUT2D eigenvalue weighted by Gasteiger charge is 2.45. The molecule has 0 bridgehead atoms. The zero-order valence-electron chi connectivity index (χ0n) is 18.9. The summed E-state index contributed by atoms with van der Waals surface area (Å²) < 4.78 is 41.8. The molecule has 2 fully saturated rings. The number of ether oxygens (including phenoxy) is 5. The fraction of sp³-hybridized carbons (Fsp3) is 0.522. The van der Waals surface area contributed by atoms with E-state index in [2.05, 4.69) is 10.3 Å². The summed E-state index contributed by atoms with van der Waals surface area (Å²) in [5.74, 6) is -0.223. The van der Waals surface area contributed by atoms with Gasteiger partial charge in [0.25, 0.3) is 0 Å². The molecule has 2 aliphatic heterocycles. The number of nitrogens with one attached hydrogen (secondary N) is 1. The molecule has 4 rings (SSSR count). The molecule has 2 saturated heterocycles. The number of benzene rings is 1. The van der Waals surface area contributed by atoms with Crippen LogP contribution in [0.3, 0.4) is 0 Å². The van der Waals surface area contributed by atoms with E-state index in [4.69, 9.17) is 23.7 Å². The number of hydrogen-bond donors (Lipinski definition) is 1. The first-order valence-corrected chi connectivity index (χ1v) is 10.7. The summed E-state index contributed by atoms with van der Waals surface area (Å²) in [4.78, 5) is 28.2. The van der Waals surface area contributed by atoms with Crippen molar-refractivity contribution in [3.8, 4) is 5.75 Å². The van der Waals surface area contributed by atoms with Gasteiger partial charge < -0.3 is 29.0 Å². The van der Waals surface area contributed by atoms with E-state index in [-0.39, 0.29) is 18.2 Å². The molecule has 1 aromatic heterocycles. The van der Waals surface area contributed by atoms with Crippen LogP contribution in [-0.4, -0.2) is 54.8 Å². The Morgan fingerprint density at radius 2 is 2.03 bits per heavy atom. The third kappa shape index (κ3) is 5.11. The van der Waals surface area contributed by atoms with Gasteiger partial charge in [0.2, 0.25) is 0 Å². The summed E-state index contributed by atoms with van der Waals surface area (Å²) in [6.45, 7) is 5.60. The van der Waals surface area contributed by atoms with Gasteiger partial charge >= 0.3 is 12.2 Å². The zero-order chi connectivity index (χ0) is 23.8. The van der Waals surface area contributed by atoms with E-state index in [1.807, 2.05) is 0 Å². The van der Waals surface area contributed by atoms with E-state index in [9.17, 15) is 14.0 Å². The Bertz CT molecular complexity index is 1050. The van der Waals surface area contributed by atoms with Crippen molar-refractivity contribution >= 4 is 23.2 Å². The van der Waals surface area contributed by atoms with Gasteiger partial charge in [0, 0.05) is 23.2 Å². The summed E-state index contributed by atoms with van der Waals surface area (Å²) in [5, 5.41) is 3.25. The Hall–Kier alpha value is -3.14. The van der Waals surface area contributed by atoms with E-state index < -0.39 is 42.0 Å². The molecule has 9 nitrogen and oxygen atoms in total. The molecule has 0 aliphatic carbocycles. The van der Waals surface area contributed by atoms with Gasteiger partial charge in [0.05, 0.1) is 25.9 Å². The van der Waals surface area contributed by atoms with Crippen molar-refractivity contribution in [2.75, 3.05) is 13.7 Å². The lowest BCUT2D eigenvalue weighted by Crippen LogP contribution is -2.47. The molecule has 2 aliphatic rings. The molecule has 3 heterocycles. The Kier molecular flexibility index (Phi) is 6.29. The first kappa shape index (κ1) is 23.0. The third-order valence-corrected chi connectivity index (χ3v) is 5.50. The maximum absolute atomic E-state index is 14.5. The average Bonchev–Trinajstić information content (AvgIpc) is 3.13. The summed E-state index contributed by atoms with van der Waals surface area (Å²) in [6.07, 6.45) is -0.771. The van der Waals surface area contributed by atoms with Crippen molar-refractivity contribution in [1.29, 1.82) is 0 Å². The highest BCUT2D eigenvalue weighted by atomic mass is 19.1. The van der Waals surface area contributed by atoms with Crippen LogP contribution in [0.1, 0.15) is 45.3 Å². The Balaban J connectivity index is 1.50. The second-order valence-electron chi connectivity index (χ2n) is 9.07. The lowest BCUT2D eigenvalue weighted by Gasteiger charge is -2.33. The number of halogens is 1. The van der Waals surface area contributed by atoms with Crippen LogP contribution in [0, 0.1) is 5.82 Å². The number of rotatable bonds is 4. The standard InChI is InChI=1S/C23H27FN2O7/c1-23(2,3)33-21(27)26-12-5-6-17(30-11-12)20-19(31-22(28)32-20)14-7-8-25-18-15(14)9-13(29-4)10-16(18)24/h7-10,12,17,19-20H,5-6,11H2,1-4H3,(H,26,27)/t12-,17+,19-,20-/m1/s1. The van der Waals surface area contributed by atoms with Crippen LogP contribution in [0.2, 0.25) is 0 Å². The van der Waals surface area contributed by atoms with Gasteiger partial charge in [-0.15, -0.1) is 0 Å². The van der Waals surface area contributed by atoms with Gasteiger partial charge in [0.1, 0.15) is 16.9 Å². The molecule has 4 atom stereocenters. The first-order chi connectivity index (χ1) is 15.6. The summed E-state index contributed by atoms with van der Waals surface area (Å²) in [6, 6.07) is 4.33. The van der Waals surface area contributed by atoms with E-state index in [0.29, 0.717) is 29.5 Å². The van der Waals surface area contributed by atoms with Crippen molar-refractivity contribution in [2.45, 2.75) is 63.6 Å². The van der Waals surface area contributed by atoms with Crippen molar-refractivity contribution in [2.24, 2.45) is 0 Å². The van der Waals surface area contributed by atoms with Crippen molar-refractivity contribution in [3.63, 3.8) is 0 Å². The number of hydrogen-bond acceptors (Lipinski definition) is 8. The number of carbonyl (C=O) groups is 2. The molecular formula is C23H27FN2O7. The first-order valence-electron chi connectivity index (χ1n) is 10.7. The van der Waals surface area contributed by atoms with Crippen molar-refractivity contribution in [1.82, 2.24) is 10.3 Å². The fourth-order valence-electron chi connectivity index (χ4n) is 4.08. The Morgan fingerprint density at radius 1 is 1.24 bits per heavy atom. The van der Waals surface area contributed by atoms with Crippen LogP contribution in [0.15, 0.2) is 24.4 Å². The molecule has 0 spiro atoms. The highest BCUT2D eigenvalue weighted by molar-refractivity contribution is 5.85. The van der Waals surface area contributed by atoms with Gasteiger partial charge in [-0.2, -0.15) is 0 Å². The number of aromatic nitrogens is 1. The maximum atomic E-state index is 14.5. The molecule has 0 radical (unpaired) electrons. The second-order valence-corrected chi connectivity index (χ2v) is 9.07. The minimum Gasteiger partial charge on any atom is -0.497 e. The molecule has 0 saturated carbocycles. The molecule has 178 valence electrons. The number of amides is 1. The van der Waals surface area contributed by atoms with E-state index in [0.717, 1.165) is 0 Å². The van der Waals surface area contributed by atoms with E-state index in [1.54, 1.807) is 32.9 Å². The molecule has 10 heteroatoms. The van der Waals surface area contributed by atoms with Crippen LogP contribution < -0.4 is 10.1 Å². The van der Waals surface area contributed by atoms with Crippen molar-refractivity contribution in [3.05, 3.63) is 35.8 Å². The average molecular weight is 462 g/mol. The molecule has 1 aromatic carbocycles. The van der Waals surface area contributed by atoms with Crippen LogP contribution in [0.5, 0.6) is 5.75 Å². The number of pyridine rings is 1. The summed E-state index contributed by atoms with van der Waals surface area (Å²) >= 11 is 0. The van der Waals surface area contributed by atoms with Crippen LogP contribution in [-0.2, 0) is 18.9 Å². The number of nitrogens with zero attached hydrogens (tertiary/aromatic N) is 1. The van der Waals surface area contributed by atoms with E-state index >= 15 is 0 Å². The lowest BCUT2D eigenvalue weighted by atomic mass is 9.93. The molecular weight excluding hydrogens is 435 g/mol. The van der Waals surface area contributed by atoms with Crippen LogP contribution >= 0.6 is 0 Å². The zero-order valence-corrected chi connectivity index (χ0v) is 18.9. The number of carbonyl (C=O) groups excluding carboxylic acids is 2. The second kappa shape index (κ2) is 9.01. The normalized spacial score (nSPS) is 25.3. The molecule has 33 heavy (non-hydrogen) atoms. The predicted octanol–water partition coefficient (Wildman–Crippen LogP) is 4.03. The number of methoxy groups -OCH3 is 1. The van der Waals surface area contributed by atoms with E-state index in [1.165, 1.54) is 19.4 Å². The minimum absolute atomic E-state index is 0.140. The largest absolute Gasteiger partial charge is 0.509 e. The molecule has 0 unspecified atom stereocenters. The molecule has 1 amide bonds. The summed E-state index contributed by atoms with van der Waals surface area (Å²) in [5.41, 5.74) is 0.0904. The van der Waals surface area contributed by atoms with Gasteiger partial charge in [-0.3, -0.25) is 4.98 Å². The monoisotopic (exact) mass is 462 g/mol. The third-order valence-electron chi connectivity index (χ3n) is 5.50. The highest BCUT2D eigenvalue weighted by Crippen LogP contribution is 2.39. The molecule has 2 aromatic rings. The smallest absolute Gasteiger partial charge is 0.497 e. The van der Waals surface area contributed by atoms with Crippen LogP contribution in [0.25, 0.3) is 10.9 Å².